The monoisotopic (exact) mass is 287 g/mol. The summed E-state index contributed by atoms with van der Waals surface area (Å²) in [5.41, 5.74) is 2.21. The zero-order valence-electron chi connectivity index (χ0n) is 13.0. The van der Waals surface area contributed by atoms with Crippen LogP contribution in [0.25, 0.3) is 10.9 Å². The van der Waals surface area contributed by atoms with E-state index < -0.39 is 0 Å². The number of nitrogens with zero attached hydrogens (tertiary/aromatic N) is 2. The van der Waals surface area contributed by atoms with Crippen LogP contribution in [-0.2, 0) is 6.54 Å². The van der Waals surface area contributed by atoms with Crippen molar-refractivity contribution in [2.24, 2.45) is 0 Å². The van der Waals surface area contributed by atoms with Crippen molar-refractivity contribution in [3.8, 4) is 0 Å². The summed E-state index contributed by atoms with van der Waals surface area (Å²) in [7, 11) is 0. The van der Waals surface area contributed by atoms with Crippen molar-refractivity contribution in [1.82, 2.24) is 9.88 Å². The lowest BCUT2D eigenvalue weighted by molar-refractivity contribution is 0.190. The number of anilines is 1. The molecule has 0 bridgehead atoms. The van der Waals surface area contributed by atoms with E-state index in [2.05, 4.69) is 36.2 Å². The molecule has 114 valence electrons. The molecule has 0 fully saturated rings. The third-order valence-corrected chi connectivity index (χ3v) is 3.50. The number of fused-ring (bicyclic) bond motifs is 1. The second kappa shape index (κ2) is 7.96. The molecule has 4 heteroatoms. The lowest BCUT2D eigenvalue weighted by Gasteiger charge is -2.22. The number of rotatable bonds is 8. The Balaban J connectivity index is 2.32. The summed E-state index contributed by atoms with van der Waals surface area (Å²) in [5.74, 6) is 0.954. The first-order valence-corrected chi connectivity index (χ1v) is 7.74. The van der Waals surface area contributed by atoms with Gasteiger partial charge in [-0.05, 0) is 32.0 Å². The van der Waals surface area contributed by atoms with Crippen LogP contribution in [0.5, 0.6) is 0 Å². The molecule has 1 heterocycles. The third kappa shape index (κ3) is 4.16. The number of pyridine rings is 1. The number of aliphatic hydroxyl groups is 1. The van der Waals surface area contributed by atoms with Crippen molar-refractivity contribution in [3.05, 3.63) is 35.9 Å². The first-order valence-electron chi connectivity index (χ1n) is 7.74. The second-order valence-corrected chi connectivity index (χ2v) is 5.22. The first-order chi connectivity index (χ1) is 10.3. The van der Waals surface area contributed by atoms with Gasteiger partial charge in [0.15, 0.2) is 0 Å². The maximum Gasteiger partial charge on any atom is 0.131 e. The van der Waals surface area contributed by atoms with E-state index in [9.17, 15) is 5.11 Å². The molecule has 4 nitrogen and oxygen atoms in total. The van der Waals surface area contributed by atoms with Gasteiger partial charge in [0.25, 0.3) is 0 Å². The Kier molecular flexibility index (Phi) is 5.96. The van der Waals surface area contributed by atoms with Gasteiger partial charge in [-0.15, -0.1) is 0 Å². The fraction of sp³-hybridized carbons (Fsp3) is 0.471. The predicted octanol–water partition coefficient (Wildman–Crippen LogP) is 2.87. The van der Waals surface area contributed by atoms with E-state index in [-0.39, 0.29) is 6.61 Å². The molecule has 1 aromatic heterocycles. The highest BCUT2D eigenvalue weighted by Gasteiger charge is 2.10. The van der Waals surface area contributed by atoms with Gasteiger partial charge < -0.3 is 10.4 Å². The van der Waals surface area contributed by atoms with Gasteiger partial charge in [0.1, 0.15) is 5.82 Å². The molecule has 0 saturated heterocycles. The van der Waals surface area contributed by atoms with Crippen molar-refractivity contribution in [2.75, 3.05) is 31.6 Å². The maximum atomic E-state index is 9.21. The third-order valence-electron chi connectivity index (χ3n) is 3.50. The van der Waals surface area contributed by atoms with E-state index in [1.807, 2.05) is 18.2 Å². The van der Waals surface area contributed by atoms with Gasteiger partial charge >= 0.3 is 0 Å². The molecule has 0 saturated carbocycles. The summed E-state index contributed by atoms with van der Waals surface area (Å²) in [5, 5.41) is 13.7. The topological polar surface area (TPSA) is 48.4 Å². The van der Waals surface area contributed by atoms with E-state index in [4.69, 9.17) is 4.98 Å². The number of aromatic nitrogens is 1. The number of hydrogen-bond donors (Lipinski definition) is 2. The molecule has 0 aliphatic rings. The van der Waals surface area contributed by atoms with Crippen LogP contribution >= 0.6 is 0 Å². The maximum absolute atomic E-state index is 9.21. The molecular weight excluding hydrogens is 262 g/mol. The summed E-state index contributed by atoms with van der Waals surface area (Å²) in [6.45, 7) is 7.79. The Hall–Kier alpha value is -1.65. The molecule has 0 aliphatic heterocycles. The molecule has 2 aromatic rings. The average molecular weight is 287 g/mol. The van der Waals surface area contributed by atoms with E-state index in [0.29, 0.717) is 6.54 Å². The minimum absolute atomic E-state index is 0.192. The summed E-state index contributed by atoms with van der Waals surface area (Å²) >= 11 is 0. The SMILES string of the molecule is CCCN(CCO)Cc1cc2ccccc2nc1NCC. The van der Waals surface area contributed by atoms with Gasteiger partial charge in [0.2, 0.25) is 0 Å². The lowest BCUT2D eigenvalue weighted by Crippen LogP contribution is -2.27. The molecule has 0 unspecified atom stereocenters. The predicted molar refractivity (Wildman–Crippen MR) is 88.6 cm³/mol. The number of nitrogens with one attached hydrogen (secondary N) is 1. The van der Waals surface area contributed by atoms with Crippen LogP contribution in [-0.4, -0.2) is 41.2 Å². The van der Waals surface area contributed by atoms with Crippen LogP contribution in [0.2, 0.25) is 0 Å². The summed E-state index contributed by atoms with van der Waals surface area (Å²) < 4.78 is 0. The lowest BCUT2D eigenvalue weighted by atomic mass is 10.1. The van der Waals surface area contributed by atoms with Crippen LogP contribution in [0.3, 0.4) is 0 Å². The molecule has 2 N–H and O–H groups in total. The largest absolute Gasteiger partial charge is 0.395 e. The molecule has 0 amide bonds. The van der Waals surface area contributed by atoms with E-state index in [1.54, 1.807) is 0 Å². The van der Waals surface area contributed by atoms with Gasteiger partial charge in [-0.2, -0.15) is 0 Å². The number of aliphatic hydroxyl groups excluding tert-OH is 1. The second-order valence-electron chi connectivity index (χ2n) is 5.22. The highest BCUT2D eigenvalue weighted by Crippen LogP contribution is 2.22. The van der Waals surface area contributed by atoms with Gasteiger partial charge in [-0.3, -0.25) is 4.90 Å². The van der Waals surface area contributed by atoms with Gasteiger partial charge in [-0.25, -0.2) is 4.98 Å². The van der Waals surface area contributed by atoms with Gasteiger partial charge in [-0.1, -0.05) is 25.1 Å². The first kappa shape index (κ1) is 15.7. The van der Waals surface area contributed by atoms with E-state index in [0.717, 1.165) is 42.8 Å². The van der Waals surface area contributed by atoms with Crippen molar-refractivity contribution >= 4 is 16.7 Å². The fourth-order valence-corrected chi connectivity index (χ4v) is 2.57. The van der Waals surface area contributed by atoms with Gasteiger partial charge in [0, 0.05) is 30.6 Å². The van der Waals surface area contributed by atoms with Crippen LogP contribution in [0.15, 0.2) is 30.3 Å². The zero-order chi connectivity index (χ0) is 15.1. The van der Waals surface area contributed by atoms with Crippen molar-refractivity contribution in [1.29, 1.82) is 0 Å². The van der Waals surface area contributed by atoms with E-state index in [1.165, 1.54) is 5.56 Å². The molecule has 0 radical (unpaired) electrons. The molecule has 0 atom stereocenters. The summed E-state index contributed by atoms with van der Waals surface area (Å²) in [4.78, 5) is 7.01. The molecule has 0 spiro atoms. The molecule has 1 aromatic carbocycles. The molecule has 2 rings (SSSR count). The molecular formula is C17H25N3O. The molecule has 21 heavy (non-hydrogen) atoms. The smallest absolute Gasteiger partial charge is 0.131 e. The fourth-order valence-electron chi connectivity index (χ4n) is 2.57. The highest BCUT2D eigenvalue weighted by molar-refractivity contribution is 5.81. The number of benzene rings is 1. The number of hydrogen-bond acceptors (Lipinski definition) is 4. The van der Waals surface area contributed by atoms with E-state index >= 15 is 0 Å². The average Bonchev–Trinajstić information content (AvgIpc) is 2.48. The van der Waals surface area contributed by atoms with Crippen LogP contribution in [0, 0.1) is 0 Å². The van der Waals surface area contributed by atoms with Crippen molar-refractivity contribution in [2.45, 2.75) is 26.8 Å². The Bertz CT molecular complexity index is 565. The van der Waals surface area contributed by atoms with Crippen molar-refractivity contribution < 1.29 is 5.11 Å². The standard InChI is InChI=1S/C17H25N3O/c1-3-9-20(10-11-21)13-15-12-14-7-5-6-8-16(14)19-17(15)18-4-2/h5-8,12,21H,3-4,9-11,13H2,1-2H3,(H,18,19). The normalized spacial score (nSPS) is 11.2. The van der Waals surface area contributed by atoms with Crippen LogP contribution < -0.4 is 5.32 Å². The Labute approximate surface area is 126 Å². The van der Waals surface area contributed by atoms with Gasteiger partial charge in [0.05, 0.1) is 12.1 Å². The zero-order valence-corrected chi connectivity index (χ0v) is 13.0. The number of para-hydroxylation sites is 1. The Morgan fingerprint density at radius 2 is 2.00 bits per heavy atom. The Morgan fingerprint density at radius 3 is 2.71 bits per heavy atom. The minimum Gasteiger partial charge on any atom is -0.395 e. The highest BCUT2D eigenvalue weighted by atomic mass is 16.3. The summed E-state index contributed by atoms with van der Waals surface area (Å²) in [6, 6.07) is 10.4. The van der Waals surface area contributed by atoms with Crippen LogP contribution in [0.1, 0.15) is 25.8 Å². The Morgan fingerprint density at radius 1 is 1.19 bits per heavy atom. The quantitative estimate of drug-likeness (QED) is 0.784. The molecule has 0 aliphatic carbocycles. The van der Waals surface area contributed by atoms with Crippen LogP contribution in [0.4, 0.5) is 5.82 Å². The van der Waals surface area contributed by atoms with Crippen molar-refractivity contribution in [3.63, 3.8) is 0 Å². The minimum atomic E-state index is 0.192. The summed E-state index contributed by atoms with van der Waals surface area (Å²) in [6.07, 6.45) is 1.08.